The van der Waals surface area contributed by atoms with E-state index in [0.29, 0.717) is 23.8 Å². The number of allylic oxidation sites excluding steroid dienone is 1. The summed E-state index contributed by atoms with van der Waals surface area (Å²) in [6.45, 7) is 6.42. The minimum atomic E-state index is -0.485. The SMILES string of the molecule is CCOC(=O)C1=C(C)Nc2nnnn2[C@@H]1c1ccc(OCc2ccc(C)cc2)cc1. The number of hydrogen-bond donors (Lipinski definition) is 1. The molecule has 3 aromatic rings. The minimum Gasteiger partial charge on any atom is -0.489 e. The van der Waals surface area contributed by atoms with Crippen molar-refractivity contribution in [1.82, 2.24) is 20.2 Å². The first-order valence-corrected chi connectivity index (χ1v) is 9.78. The number of rotatable bonds is 6. The van der Waals surface area contributed by atoms with E-state index in [1.54, 1.807) is 11.6 Å². The summed E-state index contributed by atoms with van der Waals surface area (Å²) in [5.41, 5.74) is 4.32. The number of hydrogen-bond acceptors (Lipinski definition) is 7. The Morgan fingerprint density at radius 3 is 2.53 bits per heavy atom. The van der Waals surface area contributed by atoms with E-state index in [1.165, 1.54) is 5.56 Å². The Hall–Kier alpha value is -3.68. The highest BCUT2D eigenvalue weighted by Gasteiger charge is 2.34. The molecule has 0 saturated heterocycles. The summed E-state index contributed by atoms with van der Waals surface area (Å²) < 4.78 is 12.8. The Bertz CT molecular complexity index is 1070. The zero-order valence-corrected chi connectivity index (χ0v) is 17.1. The molecule has 0 aliphatic carbocycles. The molecule has 2 heterocycles. The molecule has 0 amide bonds. The van der Waals surface area contributed by atoms with Crippen LogP contribution in [0.4, 0.5) is 5.95 Å². The molecule has 4 rings (SSSR count). The molecule has 1 aromatic heterocycles. The Kier molecular flexibility index (Phi) is 5.47. The first-order chi connectivity index (χ1) is 14.6. The van der Waals surface area contributed by atoms with Crippen LogP contribution >= 0.6 is 0 Å². The van der Waals surface area contributed by atoms with Gasteiger partial charge >= 0.3 is 5.97 Å². The van der Waals surface area contributed by atoms with Crippen LogP contribution in [-0.4, -0.2) is 32.8 Å². The van der Waals surface area contributed by atoms with E-state index in [0.717, 1.165) is 16.9 Å². The van der Waals surface area contributed by atoms with Gasteiger partial charge in [-0.1, -0.05) is 47.1 Å². The second kappa shape index (κ2) is 8.36. The molecule has 30 heavy (non-hydrogen) atoms. The standard InChI is InChI=1S/C22H23N5O3/c1-4-29-21(28)19-15(3)23-22-24-25-26-27(22)20(19)17-9-11-18(12-10-17)30-13-16-7-5-14(2)6-8-16/h5-12,20H,4,13H2,1-3H3,(H,23,24,26)/t20-/m1/s1. The molecule has 1 aliphatic heterocycles. The quantitative estimate of drug-likeness (QED) is 0.628. The first-order valence-electron chi connectivity index (χ1n) is 9.78. The van der Waals surface area contributed by atoms with Gasteiger partial charge in [-0.2, -0.15) is 4.68 Å². The maximum atomic E-state index is 12.6. The second-order valence-electron chi connectivity index (χ2n) is 7.08. The topological polar surface area (TPSA) is 91.2 Å². The third-order valence-corrected chi connectivity index (χ3v) is 4.93. The zero-order chi connectivity index (χ0) is 21.1. The van der Waals surface area contributed by atoms with E-state index in [2.05, 4.69) is 52.0 Å². The fourth-order valence-corrected chi connectivity index (χ4v) is 3.39. The normalized spacial score (nSPS) is 15.4. The molecule has 154 valence electrons. The van der Waals surface area contributed by atoms with E-state index in [9.17, 15) is 4.79 Å². The maximum Gasteiger partial charge on any atom is 0.338 e. The van der Waals surface area contributed by atoms with Gasteiger partial charge in [-0.15, -0.1) is 0 Å². The Labute approximate surface area is 174 Å². The molecule has 8 heteroatoms. The molecular weight excluding hydrogens is 382 g/mol. The summed E-state index contributed by atoms with van der Waals surface area (Å²) in [5.74, 6) is 0.821. The number of fused-ring (bicyclic) bond motifs is 1. The number of aromatic nitrogens is 4. The molecule has 1 aliphatic rings. The van der Waals surface area contributed by atoms with Gasteiger partial charge in [0.2, 0.25) is 5.95 Å². The van der Waals surface area contributed by atoms with Crippen molar-refractivity contribution >= 4 is 11.9 Å². The molecule has 1 N–H and O–H groups in total. The van der Waals surface area contributed by atoms with Crippen molar-refractivity contribution in [3.8, 4) is 5.75 Å². The van der Waals surface area contributed by atoms with E-state index in [-0.39, 0.29) is 6.61 Å². The van der Waals surface area contributed by atoms with Gasteiger partial charge in [-0.3, -0.25) is 0 Å². The predicted octanol–water partition coefficient (Wildman–Crippen LogP) is 3.41. The Morgan fingerprint density at radius 1 is 1.10 bits per heavy atom. The van der Waals surface area contributed by atoms with Crippen LogP contribution in [0.1, 0.15) is 36.6 Å². The number of benzene rings is 2. The summed E-state index contributed by atoms with van der Waals surface area (Å²) >= 11 is 0. The van der Waals surface area contributed by atoms with Gasteiger partial charge < -0.3 is 14.8 Å². The monoisotopic (exact) mass is 405 g/mol. The van der Waals surface area contributed by atoms with Gasteiger partial charge in [0.05, 0.1) is 12.2 Å². The fourth-order valence-electron chi connectivity index (χ4n) is 3.39. The lowest BCUT2D eigenvalue weighted by molar-refractivity contribution is -0.139. The number of esters is 1. The van der Waals surface area contributed by atoms with Crippen LogP contribution in [0.25, 0.3) is 0 Å². The lowest BCUT2D eigenvalue weighted by Gasteiger charge is -2.27. The Balaban J connectivity index is 1.58. The third-order valence-electron chi connectivity index (χ3n) is 4.93. The van der Waals surface area contributed by atoms with Crippen molar-refractivity contribution in [2.75, 3.05) is 11.9 Å². The van der Waals surface area contributed by atoms with Crippen LogP contribution in [0.15, 0.2) is 59.8 Å². The average Bonchev–Trinajstić information content (AvgIpc) is 3.21. The molecule has 0 radical (unpaired) electrons. The maximum absolute atomic E-state index is 12.6. The predicted molar refractivity (Wildman–Crippen MR) is 111 cm³/mol. The fraction of sp³-hybridized carbons (Fsp3) is 0.273. The van der Waals surface area contributed by atoms with Crippen molar-refractivity contribution < 1.29 is 14.3 Å². The molecule has 0 bridgehead atoms. The number of carbonyl (C=O) groups is 1. The molecule has 0 spiro atoms. The molecule has 8 nitrogen and oxygen atoms in total. The highest BCUT2D eigenvalue weighted by atomic mass is 16.5. The summed E-state index contributed by atoms with van der Waals surface area (Å²) in [6, 6.07) is 15.3. The zero-order valence-electron chi connectivity index (χ0n) is 17.1. The summed E-state index contributed by atoms with van der Waals surface area (Å²) in [4.78, 5) is 12.6. The van der Waals surface area contributed by atoms with E-state index in [1.807, 2.05) is 31.2 Å². The van der Waals surface area contributed by atoms with Crippen LogP contribution in [0.3, 0.4) is 0 Å². The highest BCUT2D eigenvalue weighted by molar-refractivity contribution is 5.92. The average molecular weight is 405 g/mol. The number of nitrogens with zero attached hydrogens (tertiary/aromatic N) is 4. The van der Waals surface area contributed by atoms with Crippen LogP contribution in [0.5, 0.6) is 5.75 Å². The van der Waals surface area contributed by atoms with Crippen molar-refractivity contribution in [3.63, 3.8) is 0 Å². The third kappa shape index (κ3) is 3.89. The van der Waals surface area contributed by atoms with E-state index < -0.39 is 12.0 Å². The summed E-state index contributed by atoms with van der Waals surface area (Å²) in [7, 11) is 0. The van der Waals surface area contributed by atoms with Gasteiger partial charge in [0.25, 0.3) is 0 Å². The molecule has 2 aromatic carbocycles. The second-order valence-corrected chi connectivity index (χ2v) is 7.08. The lowest BCUT2D eigenvalue weighted by Crippen LogP contribution is -2.29. The van der Waals surface area contributed by atoms with Gasteiger partial charge in [0.1, 0.15) is 18.4 Å². The highest BCUT2D eigenvalue weighted by Crippen LogP contribution is 2.35. The number of anilines is 1. The molecule has 0 saturated carbocycles. The number of carbonyl (C=O) groups excluding carboxylic acids is 1. The van der Waals surface area contributed by atoms with Gasteiger partial charge in [0.15, 0.2) is 0 Å². The van der Waals surface area contributed by atoms with Crippen LogP contribution in [-0.2, 0) is 16.1 Å². The van der Waals surface area contributed by atoms with Gasteiger partial charge in [-0.05, 0) is 54.5 Å². The van der Waals surface area contributed by atoms with Crippen LogP contribution in [0, 0.1) is 6.92 Å². The van der Waals surface area contributed by atoms with Crippen molar-refractivity contribution in [1.29, 1.82) is 0 Å². The Morgan fingerprint density at radius 2 is 1.83 bits per heavy atom. The van der Waals surface area contributed by atoms with E-state index in [4.69, 9.17) is 9.47 Å². The summed E-state index contributed by atoms with van der Waals surface area (Å²) in [6.07, 6.45) is 0. The van der Waals surface area contributed by atoms with Crippen LogP contribution in [0.2, 0.25) is 0 Å². The minimum absolute atomic E-state index is 0.288. The van der Waals surface area contributed by atoms with Crippen LogP contribution < -0.4 is 10.1 Å². The number of tetrazole rings is 1. The molecule has 0 fully saturated rings. The van der Waals surface area contributed by atoms with Crippen molar-refractivity contribution in [2.24, 2.45) is 0 Å². The van der Waals surface area contributed by atoms with Gasteiger partial charge in [-0.25, -0.2) is 4.79 Å². The molecular formula is C22H23N5O3. The van der Waals surface area contributed by atoms with Crippen molar-refractivity contribution in [2.45, 2.75) is 33.4 Å². The van der Waals surface area contributed by atoms with Crippen molar-refractivity contribution in [3.05, 3.63) is 76.5 Å². The number of nitrogens with one attached hydrogen (secondary N) is 1. The van der Waals surface area contributed by atoms with E-state index >= 15 is 0 Å². The number of aryl methyl sites for hydroxylation is 1. The van der Waals surface area contributed by atoms with Gasteiger partial charge in [0, 0.05) is 5.70 Å². The largest absolute Gasteiger partial charge is 0.489 e. The number of ether oxygens (including phenoxy) is 2. The summed E-state index contributed by atoms with van der Waals surface area (Å²) in [5, 5.41) is 14.9. The smallest absolute Gasteiger partial charge is 0.338 e. The molecule has 1 atom stereocenters. The first kappa shape index (κ1) is 19.6. The molecule has 0 unspecified atom stereocenters. The lowest BCUT2D eigenvalue weighted by atomic mass is 9.96.